The van der Waals surface area contributed by atoms with Crippen molar-refractivity contribution in [2.45, 2.75) is 36.0 Å². The molecule has 1 aromatic rings. The highest BCUT2D eigenvalue weighted by Gasteiger charge is 2.48. The molecule has 1 aliphatic heterocycles. The summed E-state index contributed by atoms with van der Waals surface area (Å²) in [5.41, 5.74) is 2.08. The van der Waals surface area contributed by atoms with Gasteiger partial charge in [0.05, 0.1) is 5.41 Å². The lowest BCUT2D eigenvalue weighted by molar-refractivity contribution is -0.120. The van der Waals surface area contributed by atoms with Gasteiger partial charge in [-0.3, -0.25) is 4.79 Å². The minimum absolute atomic E-state index is 0.193. The van der Waals surface area contributed by atoms with Gasteiger partial charge < -0.3 is 5.32 Å². The standard InChI is InChI=1S/C13H15NOS/c1-16-9-4-5-11-10(8-9)13(12(15)14-11)6-2-3-7-13/h4-5,8H,2-3,6-7H2,1H3,(H,14,15). The molecule has 1 saturated carbocycles. The molecule has 2 nitrogen and oxygen atoms in total. The zero-order valence-corrected chi connectivity index (χ0v) is 10.2. The van der Waals surface area contributed by atoms with Crippen molar-refractivity contribution in [3.05, 3.63) is 23.8 Å². The first-order valence-corrected chi connectivity index (χ1v) is 6.99. The summed E-state index contributed by atoms with van der Waals surface area (Å²) in [6.45, 7) is 0. The van der Waals surface area contributed by atoms with E-state index in [0.29, 0.717) is 0 Å². The van der Waals surface area contributed by atoms with Gasteiger partial charge in [-0.25, -0.2) is 0 Å². The Bertz CT molecular complexity index is 449. The molecule has 1 spiro atoms. The second-order valence-electron chi connectivity index (χ2n) is 4.65. The maximum Gasteiger partial charge on any atom is 0.235 e. The molecule has 0 unspecified atom stereocenters. The predicted octanol–water partition coefficient (Wildman–Crippen LogP) is 3.17. The summed E-state index contributed by atoms with van der Waals surface area (Å²) in [5, 5.41) is 3.03. The van der Waals surface area contributed by atoms with E-state index in [1.54, 1.807) is 11.8 Å². The van der Waals surface area contributed by atoms with Crippen molar-refractivity contribution in [3.8, 4) is 0 Å². The minimum Gasteiger partial charge on any atom is -0.325 e. The number of carbonyl (C=O) groups excluding carboxylic acids is 1. The SMILES string of the molecule is CSc1ccc2c(c1)C1(CCCC1)C(=O)N2. The zero-order chi connectivity index (χ0) is 11.2. The van der Waals surface area contributed by atoms with Crippen LogP contribution in [0.5, 0.6) is 0 Å². The molecule has 1 aliphatic carbocycles. The lowest BCUT2D eigenvalue weighted by Crippen LogP contribution is -2.30. The Kier molecular flexibility index (Phi) is 2.25. The molecule has 84 valence electrons. The quantitative estimate of drug-likeness (QED) is 0.755. The summed E-state index contributed by atoms with van der Waals surface area (Å²) >= 11 is 1.74. The Hall–Kier alpha value is -0.960. The summed E-state index contributed by atoms with van der Waals surface area (Å²) in [7, 11) is 0. The van der Waals surface area contributed by atoms with Crippen molar-refractivity contribution in [2.75, 3.05) is 11.6 Å². The Morgan fingerprint density at radius 2 is 2.06 bits per heavy atom. The number of thioether (sulfide) groups is 1. The second kappa shape index (κ2) is 3.52. The van der Waals surface area contributed by atoms with Crippen LogP contribution in [0, 0.1) is 0 Å². The van der Waals surface area contributed by atoms with Gasteiger partial charge in [0, 0.05) is 10.6 Å². The van der Waals surface area contributed by atoms with Gasteiger partial charge in [0.1, 0.15) is 0 Å². The maximum absolute atomic E-state index is 12.1. The monoisotopic (exact) mass is 233 g/mol. The van der Waals surface area contributed by atoms with Crippen LogP contribution in [0.3, 0.4) is 0 Å². The summed E-state index contributed by atoms with van der Waals surface area (Å²) < 4.78 is 0. The molecule has 2 aliphatic rings. The number of rotatable bonds is 1. The molecule has 0 aromatic heterocycles. The fourth-order valence-electron chi connectivity index (χ4n) is 2.99. The van der Waals surface area contributed by atoms with Gasteiger partial charge >= 0.3 is 0 Å². The Morgan fingerprint density at radius 3 is 2.75 bits per heavy atom. The first-order chi connectivity index (χ1) is 7.76. The average Bonchev–Trinajstić information content (AvgIpc) is 2.88. The van der Waals surface area contributed by atoms with Crippen molar-refractivity contribution in [1.82, 2.24) is 0 Å². The van der Waals surface area contributed by atoms with Gasteiger partial charge in [0.2, 0.25) is 5.91 Å². The number of benzene rings is 1. The van der Waals surface area contributed by atoms with Crippen LogP contribution in [0.1, 0.15) is 31.2 Å². The molecule has 0 atom stereocenters. The van der Waals surface area contributed by atoms with E-state index < -0.39 is 0 Å². The zero-order valence-electron chi connectivity index (χ0n) is 9.38. The molecule has 3 heteroatoms. The summed E-state index contributed by atoms with van der Waals surface area (Å²) in [6, 6.07) is 6.33. The van der Waals surface area contributed by atoms with Gasteiger partial charge in [0.15, 0.2) is 0 Å². The normalized spacial score (nSPS) is 21.2. The molecule has 3 rings (SSSR count). The third-order valence-corrected chi connectivity index (χ3v) is 4.61. The van der Waals surface area contributed by atoms with Crippen LogP contribution in [-0.2, 0) is 10.2 Å². The van der Waals surface area contributed by atoms with Crippen molar-refractivity contribution >= 4 is 23.4 Å². The summed E-state index contributed by atoms with van der Waals surface area (Å²) in [5.74, 6) is 0.221. The molecule has 16 heavy (non-hydrogen) atoms. The first kappa shape index (κ1) is 10.2. The summed E-state index contributed by atoms with van der Waals surface area (Å²) in [4.78, 5) is 13.4. The number of nitrogens with one attached hydrogen (secondary N) is 1. The highest BCUT2D eigenvalue weighted by Crippen LogP contribution is 2.49. The van der Waals surface area contributed by atoms with Gasteiger partial charge in [-0.2, -0.15) is 0 Å². The number of anilines is 1. The molecule has 1 aromatic carbocycles. The fraction of sp³-hybridized carbons (Fsp3) is 0.462. The largest absolute Gasteiger partial charge is 0.325 e. The molecule has 1 heterocycles. The van der Waals surface area contributed by atoms with Crippen LogP contribution in [-0.4, -0.2) is 12.2 Å². The molecule has 0 bridgehead atoms. The van der Waals surface area contributed by atoms with Crippen LogP contribution in [0.4, 0.5) is 5.69 Å². The highest BCUT2D eigenvalue weighted by molar-refractivity contribution is 7.98. The molecular formula is C13H15NOS. The number of hydrogen-bond donors (Lipinski definition) is 1. The van der Waals surface area contributed by atoms with Crippen LogP contribution >= 0.6 is 11.8 Å². The van der Waals surface area contributed by atoms with E-state index >= 15 is 0 Å². The number of carbonyl (C=O) groups is 1. The first-order valence-electron chi connectivity index (χ1n) is 5.76. The van der Waals surface area contributed by atoms with E-state index in [-0.39, 0.29) is 11.3 Å². The van der Waals surface area contributed by atoms with Gasteiger partial charge in [-0.05, 0) is 42.9 Å². The number of amides is 1. The molecule has 1 fully saturated rings. The Labute approximate surface area is 99.8 Å². The third kappa shape index (κ3) is 1.24. The average molecular weight is 233 g/mol. The van der Waals surface area contributed by atoms with E-state index in [1.807, 2.05) is 6.07 Å². The van der Waals surface area contributed by atoms with Crippen molar-refractivity contribution in [1.29, 1.82) is 0 Å². The van der Waals surface area contributed by atoms with Crippen molar-refractivity contribution in [3.63, 3.8) is 0 Å². The van der Waals surface area contributed by atoms with Gasteiger partial charge in [-0.15, -0.1) is 11.8 Å². The van der Waals surface area contributed by atoms with Crippen LogP contribution < -0.4 is 5.32 Å². The van der Waals surface area contributed by atoms with E-state index in [9.17, 15) is 4.79 Å². The van der Waals surface area contributed by atoms with Gasteiger partial charge in [-0.1, -0.05) is 12.8 Å². The van der Waals surface area contributed by atoms with Crippen LogP contribution in [0.15, 0.2) is 23.1 Å². The lowest BCUT2D eigenvalue weighted by Gasteiger charge is -2.20. The second-order valence-corrected chi connectivity index (χ2v) is 5.53. The fourth-order valence-corrected chi connectivity index (χ4v) is 3.43. The highest BCUT2D eigenvalue weighted by atomic mass is 32.2. The Morgan fingerprint density at radius 1 is 1.31 bits per heavy atom. The lowest BCUT2D eigenvalue weighted by atomic mass is 9.80. The third-order valence-electron chi connectivity index (χ3n) is 3.88. The van der Waals surface area contributed by atoms with Gasteiger partial charge in [0.25, 0.3) is 0 Å². The summed E-state index contributed by atoms with van der Waals surface area (Å²) in [6.07, 6.45) is 6.47. The topological polar surface area (TPSA) is 29.1 Å². The van der Waals surface area contributed by atoms with E-state index in [2.05, 4.69) is 23.7 Å². The van der Waals surface area contributed by atoms with E-state index in [4.69, 9.17) is 0 Å². The smallest absolute Gasteiger partial charge is 0.235 e. The van der Waals surface area contributed by atoms with Crippen molar-refractivity contribution in [2.24, 2.45) is 0 Å². The minimum atomic E-state index is -0.193. The predicted molar refractivity (Wildman–Crippen MR) is 67.0 cm³/mol. The van der Waals surface area contributed by atoms with E-state index in [0.717, 1.165) is 18.5 Å². The number of hydrogen-bond acceptors (Lipinski definition) is 2. The van der Waals surface area contributed by atoms with Crippen LogP contribution in [0.25, 0.3) is 0 Å². The maximum atomic E-state index is 12.1. The molecule has 1 N–H and O–H groups in total. The molecule has 0 radical (unpaired) electrons. The molecule has 1 amide bonds. The molecular weight excluding hydrogens is 218 g/mol. The van der Waals surface area contributed by atoms with Crippen molar-refractivity contribution < 1.29 is 4.79 Å². The Balaban J connectivity index is 2.14. The van der Waals surface area contributed by atoms with E-state index in [1.165, 1.54) is 23.3 Å². The number of fused-ring (bicyclic) bond motifs is 2. The van der Waals surface area contributed by atoms with Crippen LogP contribution in [0.2, 0.25) is 0 Å². The molecule has 0 saturated heterocycles.